The van der Waals surface area contributed by atoms with E-state index >= 15 is 0 Å². The van der Waals surface area contributed by atoms with Crippen LogP contribution in [0.2, 0.25) is 5.02 Å². The molecule has 0 spiro atoms. The summed E-state index contributed by atoms with van der Waals surface area (Å²) in [5.74, 6) is 0. The molecule has 0 radical (unpaired) electrons. The summed E-state index contributed by atoms with van der Waals surface area (Å²) in [4.78, 5) is 0. The van der Waals surface area contributed by atoms with Gasteiger partial charge >= 0.3 is 0 Å². The van der Waals surface area contributed by atoms with Crippen molar-refractivity contribution in [1.29, 1.82) is 0 Å². The van der Waals surface area contributed by atoms with Crippen LogP contribution < -0.4 is 5.73 Å². The van der Waals surface area contributed by atoms with E-state index in [1.807, 2.05) is 71.4 Å². The van der Waals surface area contributed by atoms with Crippen LogP contribution in [0.25, 0.3) is 28.2 Å². The highest BCUT2D eigenvalue weighted by Gasteiger charge is 2.13. The second kappa shape index (κ2) is 6.46. The maximum absolute atomic E-state index is 6.04. The summed E-state index contributed by atoms with van der Waals surface area (Å²) in [7, 11) is 0. The number of nitrogens with zero attached hydrogens (tertiary/aromatic N) is 2. The smallest absolute Gasteiger partial charge is 0.0934 e. The zero-order valence-corrected chi connectivity index (χ0v) is 14.2. The molecule has 0 bridgehead atoms. The second-order valence-corrected chi connectivity index (χ2v) is 6.23. The molecule has 4 aromatic rings. The molecule has 25 heavy (non-hydrogen) atoms. The van der Waals surface area contributed by atoms with E-state index in [0.29, 0.717) is 5.02 Å². The molecule has 0 fully saturated rings. The number of rotatable bonds is 3. The zero-order chi connectivity index (χ0) is 17.2. The molecule has 0 amide bonds. The van der Waals surface area contributed by atoms with Crippen LogP contribution in [0.4, 0.5) is 5.69 Å². The third-order valence-electron chi connectivity index (χ3n) is 4.06. The normalized spacial score (nSPS) is 10.8. The van der Waals surface area contributed by atoms with Crippen molar-refractivity contribution in [3.05, 3.63) is 90.0 Å². The summed E-state index contributed by atoms with van der Waals surface area (Å²) in [5.41, 5.74) is 11.6. The summed E-state index contributed by atoms with van der Waals surface area (Å²) in [6.07, 6.45) is 0. The Labute approximate surface area is 151 Å². The van der Waals surface area contributed by atoms with Gasteiger partial charge in [-0.15, -0.1) is 0 Å². The fourth-order valence-corrected chi connectivity index (χ4v) is 2.90. The van der Waals surface area contributed by atoms with Gasteiger partial charge in [0.1, 0.15) is 0 Å². The number of hydrogen-bond acceptors (Lipinski definition) is 2. The minimum Gasteiger partial charge on any atom is -0.399 e. The molecular weight excluding hydrogens is 330 g/mol. The molecule has 1 aromatic heterocycles. The van der Waals surface area contributed by atoms with Gasteiger partial charge in [-0.3, -0.25) is 0 Å². The van der Waals surface area contributed by atoms with E-state index in [-0.39, 0.29) is 0 Å². The number of nitrogens with two attached hydrogens (primary N) is 1. The van der Waals surface area contributed by atoms with E-state index < -0.39 is 0 Å². The predicted molar refractivity (Wildman–Crippen MR) is 104 cm³/mol. The van der Waals surface area contributed by atoms with Crippen LogP contribution in [0, 0.1) is 0 Å². The van der Waals surface area contributed by atoms with Gasteiger partial charge in [0.15, 0.2) is 0 Å². The Bertz CT molecular complexity index is 925. The lowest BCUT2D eigenvalue weighted by Gasteiger charge is -2.08. The minimum absolute atomic E-state index is 0.714. The Morgan fingerprint density at radius 3 is 2.12 bits per heavy atom. The van der Waals surface area contributed by atoms with Gasteiger partial charge in [-0.2, -0.15) is 5.10 Å². The van der Waals surface area contributed by atoms with E-state index in [2.05, 4.69) is 18.2 Å². The van der Waals surface area contributed by atoms with Crippen LogP contribution in [-0.4, -0.2) is 9.78 Å². The Kier molecular flexibility index (Phi) is 4.00. The molecule has 1 heterocycles. The van der Waals surface area contributed by atoms with Crippen molar-refractivity contribution >= 4 is 17.3 Å². The third-order valence-corrected chi connectivity index (χ3v) is 4.31. The summed E-state index contributed by atoms with van der Waals surface area (Å²) in [6.45, 7) is 0. The van der Waals surface area contributed by atoms with Gasteiger partial charge in [-0.05, 0) is 42.5 Å². The van der Waals surface area contributed by atoms with Gasteiger partial charge in [-0.25, -0.2) is 4.68 Å². The Morgan fingerprint density at radius 2 is 1.44 bits per heavy atom. The molecule has 3 nitrogen and oxygen atoms in total. The van der Waals surface area contributed by atoms with Crippen LogP contribution in [0.3, 0.4) is 0 Å². The average molecular weight is 346 g/mol. The molecule has 0 unspecified atom stereocenters. The first-order valence-corrected chi connectivity index (χ1v) is 8.36. The molecule has 4 rings (SSSR count). The fraction of sp³-hybridized carbons (Fsp3) is 0. The molecule has 0 saturated carbocycles. The van der Waals surface area contributed by atoms with Gasteiger partial charge in [0, 0.05) is 21.8 Å². The third kappa shape index (κ3) is 3.14. The van der Waals surface area contributed by atoms with Crippen LogP contribution in [-0.2, 0) is 0 Å². The number of nitrogen functional groups attached to an aromatic ring is 1. The lowest BCUT2D eigenvalue weighted by atomic mass is 10.1. The standard InChI is InChI=1S/C21H16ClN3/c22-17-8-6-16(7-9-17)21-14-20(15-4-2-1-3-5-15)24-25(21)19-12-10-18(23)11-13-19/h1-14H,23H2. The molecule has 0 aliphatic carbocycles. The first-order valence-electron chi connectivity index (χ1n) is 7.98. The van der Waals surface area contributed by atoms with Crippen LogP contribution in [0.1, 0.15) is 0 Å². The average Bonchev–Trinajstić information content (AvgIpc) is 3.09. The molecule has 3 aromatic carbocycles. The van der Waals surface area contributed by atoms with E-state index in [0.717, 1.165) is 33.9 Å². The number of halogens is 1. The highest BCUT2D eigenvalue weighted by atomic mass is 35.5. The molecule has 0 atom stereocenters. The van der Waals surface area contributed by atoms with E-state index in [9.17, 15) is 0 Å². The van der Waals surface area contributed by atoms with Crippen molar-refractivity contribution in [2.45, 2.75) is 0 Å². The fourth-order valence-electron chi connectivity index (χ4n) is 2.77. The summed E-state index contributed by atoms with van der Waals surface area (Å²) in [6, 6.07) is 27.7. The van der Waals surface area contributed by atoms with E-state index in [1.165, 1.54) is 0 Å². The summed E-state index contributed by atoms with van der Waals surface area (Å²) >= 11 is 6.04. The molecular formula is C21H16ClN3. The van der Waals surface area contributed by atoms with E-state index in [1.54, 1.807) is 0 Å². The van der Waals surface area contributed by atoms with Crippen LogP contribution in [0.15, 0.2) is 84.9 Å². The Morgan fingerprint density at radius 1 is 0.760 bits per heavy atom. The highest BCUT2D eigenvalue weighted by molar-refractivity contribution is 6.30. The van der Waals surface area contributed by atoms with Crippen molar-refractivity contribution in [2.75, 3.05) is 5.73 Å². The van der Waals surface area contributed by atoms with Crippen LogP contribution in [0.5, 0.6) is 0 Å². The summed E-state index contributed by atoms with van der Waals surface area (Å²) in [5, 5.41) is 5.54. The van der Waals surface area contributed by atoms with Gasteiger partial charge in [0.25, 0.3) is 0 Å². The topological polar surface area (TPSA) is 43.8 Å². The Hall–Kier alpha value is -3.04. The first kappa shape index (κ1) is 15.5. The van der Waals surface area contributed by atoms with Gasteiger partial charge in [-0.1, -0.05) is 54.1 Å². The maximum atomic E-state index is 6.04. The molecule has 4 heteroatoms. The minimum atomic E-state index is 0.714. The van der Waals surface area contributed by atoms with Crippen molar-refractivity contribution in [1.82, 2.24) is 9.78 Å². The number of aromatic nitrogens is 2. The van der Waals surface area contributed by atoms with Crippen LogP contribution >= 0.6 is 11.6 Å². The van der Waals surface area contributed by atoms with Gasteiger partial charge < -0.3 is 5.73 Å². The summed E-state index contributed by atoms with van der Waals surface area (Å²) < 4.78 is 1.94. The van der Waals surface area contributed by atoms with E-state index in [4.69, 9.17) is 22.4 Å². The lowest BCUT2D eigenvalue weighted by molar-refractivity contribution is 0.892. The number of anilines is 1. The SMILES string of the molecule is Nc1ccc(-n2nc(-c3ccccc3)cc2-c2ccc(Cl)cc2)cc1. The van der Waals surface area contributed by atoms with Crippen molar-refractivity contribution in [2.24, 2.45) is 0 Å². The second-order valence-electron chi connectivity index (χ2n) is 5.79. The quantitative estimate of drug-likeness (QED) is 0.502. The lowest BCUT2D eigenvalue weighted by Crippen LogP contribution is -1.99. The van der Waals surface area contributed by atoms with Crippen molar-refractivity contribution in [3.63, 3.8) is 0 Å². The highest BCUT2D eigenvalue weighted by Crippen LogP contribution is 2.29. The monoisotopic (exact) mass is 345 g/mol. The van der Waals surface area contributed by atoms with Crippen molar-refractivity contribution < 1.29 is 0 Å². The first-order chi connectivity index (χ1) is 12.2. The number of hydrogen-bond donors (Lipinski definition) is 1. The van der Waals surface area contributed by atoms with Gasteiger partial charge in [0.05, 0.1) is 17.1 Å². The maximum Gasteiger partial charge on any atom is 0.0934 e. The largest absolute Gasteiger partial charge is 0.399 e. The molecule has 0 aliphatic rings. The zero-order valence-electron chi connectivity index (χ0n) is 13.4. The molecule has 0 saturated heterocycles. The van der Waals surface area contributed by atoms with Gasteiger partial charge in [0.2, 0.25) is 0 Å². The molecule has 2 N–H and O–H groups in total. The Balaban J connectivity index is 1.89. The number of benzene rings is 3. The van der Waals surface area contributed by atoms with Crippen molar-refractivity contribution in [3.8, 4) is 28.2 Å². The predicted octanol–water partition coefficient (Wildman–Crippen LogP) is 5.44. The molecule has 122 valence electrons. The molecule has 0 aliphatic heterocycles.